The van der Waals surface area contributed by atoms with Crippen molar-refractivity contribution in [3.05, 3.63) is 42.5 Å². The minimum absolute atomic E-state index is 0. The monoisotopic (exact) mass is 892 g/mol. The summed E-state index contributed by atoms with van der Waals surface area (Å²) in [5, 5.41) is 37.8. The van der Waals surface area contributed by atoms with E-state index in [0.717, 1.165) is 6.42 Å². The fourth-order valence-corrected chi connectivity index (χ4v) is 11.4. The minimum Gasteiger partial charge on any atom is -0.550 e. The van der Waals surface area contributed by atoms with Gasteiger partial charge in [-0.2, -0.15) is 0 Å². The van der Waals surface area contributed by atoms with E-state index in [2.05, 4.69) is 19.2 Å². The van der Waals surface area contributed by atoms with Crippen LogP contribution in [0.3, 0.4) is 0 Å². The molecule has 5 aliphatic rings. The second-order valence-corrected chi connectivity index (χ2v) is 19.8. The van der Waals surface area contributed by atoms with E-state index in [1.807, 2.05) is 72.7 Å². The predicted octanol–water partition coefficient (Wildman–Crippen LogP) is 4.11. The third-order valence-corrected chi connectivity index (χ3v) is 15.7. The number of Topliss-reactive ketones (excluding diaryl/α,β-unsaturated/α-hetero) is 1. The average Bonchev–Trinajstić information content (AvgIpc) is 3.59. The first kappa shape index (κ1) is 52.1. The number of aliphatic carboxylic acids is 1. The average molecular weight is 892 g/mol. The molecule has 63 heavy (non-hydrogen) atoms. The summed E-state index contributed by atoms with van der Waals surface area (Å²) in [6, 6.07) is 9.04. The van der Waals surface area contributed by atoms with E-state index < -0.39 is 95.1 Å². The van der Waals surface area contributed by atoms with E-state index in [-0.39, 0.29) is 59.2 Å². The number of aliphatic hydroxyl groups is 2. The van der Waals surface area contributed by atoms with Gasteiger partial charge < -0.3 is 48.5 Å². The van der Waals surface area contributed by atoms with Gasteiger partial charge in [-0.15, -0.1) is 0 Å². The molecule has 0 aromatic heterocycles. The van der Waals surface area contributed by atoms with Crippen LogP contribution in [0.5, 0.6) is 0 Å². The van der Waals surface area contributed by atoms with E-state index in [0.29, 0.717) is 63.5 Å². The Labute approximate surface area is 397 Å². The Balaban J connectivity index is 0.00000748. The molecule has 4 fully saturated rings. The van der Waals surface area contributed by atoms with Crippen molar-refractivity contribution in [3.8, 4) is 0 Å². The molecule has 14 heteroatoms. The van der Waals surface area contributed by atoms with Crippen LogP contribution >= 0.6 is 0 Å². The van der Waals surface area contributed by atoms with Gasteiger partial charge in [0, 0.05) is 47.7 Å². The third-order valence-electron chi connectivity index (χ3n) is 15.7. The van der Waals surface area contributed by atoms with Gasteiger partial charge in [0.1, 0.15) is 5.78 Å². The van der Waals surface area contributed by atoms with Crippen molar-refractivity contribution in [1.82, 2.24) is 0 Å². The van der Waals surface area contributed by atoms with Gasteiger partial charge in [0.15, 0.2) is 11.9 Å². The van der Waals surface area contributed by atoms with Gasteiger partial charge in [0.05, 0.1) is 47.8 Å². The molecule has 1 amide bonds. The van der Waals surface area contributed by atoms with Gasteiger partial charge in [-0.25, -0.2) is 4.79 Å². The fraction of sp³-hybridized carbons (Fsp3) is 0.776. The maximum atomic E-state index is 14.7. The van der Waals surface area contributed by atoms with Crippen molar-refractivity contribution in [3.63, 3.8) is 0 Å². The molecule has 0 unspecified atom stereocenters. The Morgan fingerprint density at radius 2 is 1.59 bits per heavy atom. The summed E-state index contributed by atoms with van der Waals surface area (Å²) in [6.45, 7) is 19.4. The molecule has 5 heterocycles. The van der Waals surface area contributed by atoms with Crippen LogP contribution in [0.25, 0.3) is 0 Å². The molecule has 0 aliphatic carbocycles. The Morgan fingerprint density at radius 3 is 2.21 bits per heavy atom. The predicted molar refractivity (Wildman–Crippen MR) is 230 cm³/mol. The standard InChI is InChI=1S/C49H75NO12.Na/c1-11-35(44(53)54)37-20-19-28(4)42(58-37)32(8)40(51)31(7)41(52)36(12-2)43-29(5)27-30(6)48(60-43)24-22-39(59-45(55)50-34-17-15-14-16-18-34)49(62-48)26-25-46(10,61-49)38-21-23-47(56,13-3)33(9)57-38;/h14-18,22,24,28-33,35-40,42-43,51,56H,11-13,19-21,23,25-27H2,1-10H3,(H,50,55)(H,53,54);/q;+1/p-1/t28-,29-,30+,31-,32-,33-,35+,36-,37+,38+,39+,40+,42+,43-,46-,47+,48-,49-;/m0./s1. The van der Waals surface area contributed by atoms with Gasteiger partial charge >= 0.3 is 35.7 Å². The number of anilines is 1. The van der Waals surface area contributed by atoms with Crippen molar-refractivity contribution in [2.75, 3.05) is 5.32 Å². The largest absolute Gasteiger partial charge is 1.00 e. The molecule has 18 atom stereocenters. The molecule has 1 aromatic carbocycles. The van der Waals surface area contributed by atoms with Crippen molar-refractivity contribution >= 4 is 23.5 Å². The van der Waals surface area contributed by atoms with Crippen molar-refractivity contribution in [1.29, 1.82) is 0 Å². The molecule has 2 spiro atoms. The van der Waals surface area contributed by atoms with E-state index in [9.17, 15) is 29.7 Å². The number of amides is 1. The number of carbonyl (C=O) groups is 3. The number of nitrogens with one attached hydrogen (secondary N) is 1. The summed E-state index contributed by atoms with van der Waals surface area (Å²) in [5.41, 5.74) is -1.22. The molecule has 5 aliphatic heterocycles. The molecule has 6 rings (SSSR count). The number of para-hydroxylation sites is 1. The fourth-order valence-electron chi connectivity index (χ4n) is 11.4. The summed E-state index contributed by atoms with van der Waals surface area (Å²) in [4.78, 5) is 40.1. The number of benzene rings is 1. The second kappa shape index (κ2) is 20.9. The third kappa shape index (κ3) is 10.6. The zero-order chi connectivity index (χ0) is 45.4. The number of hydrogen-bond acceptors (Lipinski definition) is 12. The Hall–Kier alpha value is -1.91. The zero-order valence-corrected chi connectivity index (χ0v) is 41.7. The number of aliphatic hydroxyl groups excluding tert-OH is 1. The van der Waals surface area contributed by atoms with Gasteiger partial charge in [-0.05, 0) is 108 Å². The molecule has 0 radical (unpaired) electrons. The molecule has 3 N–H and O–H groups in total. The number of carboxylic acids is 1. The minimum atomic E-state index is -1.48. The molecule has 13 nitrogen and oxygen atoms in total. The number of carbonyl (C=O) groups excluding carboxylic acids is 3. The maximum Gasteiger partial charge on any atom is 1.00 e. The van der Waals surface area contributed by atoms with Crippen LogP contribution in [0, 0.1) is 41.4 Å². The quantitative estimate of drug-likeness (QED) is 0.180. The first-order chi connectivity index (χ1) is 29.3. The number of hydrogen-bond donors (Lipinski definition) is 3. The zero-order valence-electron chi connectivity index (χ0n) is 39.7. The van der Waals surface area contributed by atoms with Crippen LogP contribution in [0.2, 0.25) is 0 Å². The second-order valence-electron chi connectivity index (χ2n) is 19.8. The number of carboxylic acid groups (broad SMARTS) is 1. The maximum absolute atomic E-state index is 14.7. The van der Waals surface area contributed by atoms with Crippen LogP contribution in [0.4, 0.5) is 10.5 Å². The Bertz CT molecular complexity index is 1750. The first-order valence-corrected chi connectivity index (χ1v) is 23.5. The Morgan fingerprint density at radius 1 is 0.905 bits per heavy atom. The molecule has 4 saturated heterocycles. The van der Waals surface area contributed by atoms with E-state index in [1.54, 1.807) is 25.1 Å². The summed E-state index contributed by atoms with van der Waals surface area (Å²) in [6.07, 6.45) is 4.03. The number of ether oxygens (including phenoxy) is 6. The van der Waals surface area contributed by atoms with Gasteiger partial charge in [-0.3, -0.25) is 10.1 Å². The number of ketones is 1. The van der Waals surface area contributed by atoms with E-state index in [1.165, 1.54) is 0 Å². The molecular weight excluding hydrogens is 818 g/mol. The molecule has 348 valence electrons. The van der Waals surface area contributed by atoms with Crippen LogP contribution in [0.1, 0.15) is 133 Å². The van der Waals surface area contributed by atoms with E-state index >= 15 is 0 Å². The van der Waals surface area contributed by atoms with E-state index in [4.69, 9.17) is 28.4 Å². The summed E-state index contributed by atoms with van der Waals surface area (Å²) >= 11 is 0. The van der Waals surface area contributed by atoms with Crippen molar-refractivity contribution in [2.24, 2.45) is 41.4 Å². The molecular formula is C49H74NNaO12. The number of rotatable bonds is 14. The Kier molecular flexibility index (Phi) is 17.3. The van der Waals surface area contributed by atoms with Crippen LogP contribution in [-0.4, -0.2) is 93.6 Å². The topological polar surface area (TPSA) is 182 Å². The summed E-state index contributed by atoms with van der Waals surface area (Å²) in [7, 11) is 0. The molecule has 0 saturated carbocycles. The molecule has 1 aromatic rings. The smallest absolute Gasteiger partial charge is 0.550 e. The van der Waals surface area contributed by atoms with Crippen molar-refractivity contribution < 1.29 is 87.7 Å². The van der Waals surface area contributed by atoms with Crippen LogP contribution in [0.15, 0.2) is 42.5 Å². The van der Waals surface area contributed by atoms with Gasteiger partial charge in [0.25, 0.3) is 0 Å². The normalized spacial score (nSPS) is 40.3. The van der Waals surface area contributed by atoms with Crippen molar-refractivity contribution in [2.45, 2.75) is 199 Å². The summed E-state index contributed by atoms with van der Waals surface area (Å²) < 4.78 is 40.5. The first-order valence-electron chi connectivity index (χ1n) is 23.5. The molecule has 0 bridgehead atoms. The SMILES string of the molecule is CC[C@@H](C(=O)[C@@H](C)[C@@H](O)[C@H](C)[C@@H]1O[C@@H]([C@@H](CC)C(=O)[O-])CC[C@@H]1C)[C@H]1O[C@]2(C=C[C@@H](OC(=O)Nc3ccccc3)[C@]3(CC[C@@](C)([C@H]4CC[C@](O)(CC)[C@H](C)O4)O3)O2)[C@H](C)C[C@@H]1C.[Na+]. The van der Waals surface area contributed by atoms with Crippen LogP contribution in [-0.2, 0) is 38.0 Å². The summed E-state index contributed by atoms with van der Waals surface area (Å²) in [5.74, 6) is -6.79. The van der Waals surface area contributed by atoms with Gasteiger partial charge in [0.2, 0.25) is 5.79 Å². The van der Waals surface area contributed by atoms with Crippen LogP contribution < -0.4 is 40.0 Å². The van der Waals surface area contributed by atoms with Gasteiger partial charge in [-0.1, -0.05) is 73.6 Å².